The van der Waals surface area contributed by atoms with Crippen LogP contribution in [0.1, 0.15) is 271 Å². The Kier molecular flexibility index (Phi) is 53.4. The third-order valence-corrected chi connectivity index (χ3v) is 12.1. The van der Waals surface area contributed by atoms with E-state index in [1.165, 1.54) is 116 Å². The van der Waals surface area contributed by atoms with Gasteiger partial charge in [0.1, 0.15) is 13.2 Å². The van der Waals surface area contributed by atoms with E-state index in [-0.39, 0.29) is 31.1 Å². The summed E-state index contributed by atoms with van der Waals surface area (Å²) in [6.45, 7) is 6.47. The Morgan fingerprint density at radius 1 is 0.309 bits per heavy atom. The zero-order valence-corrected chi connectivity index (χ0v) is 44.6. The van der Waals surface area contributed by atoms with Crippen molar-refractivity contribution in [3.8, 4) is 0 Å². The second kappa shape index (κ2) is 56.2. The minimum absolute atomic E-state index is 0.0941. The molecule has 0 bridgehead atoms. The molecule has 0 aliphatic carbocycles. The second-order valence-corrected chi connectivity index (χ2v) is 18.8. The number of ether oxygens (including phenoxy) is 3. The molecule has 0 aromatic carbocycles. The van der Waals surface area contributed by atoms with Crippen LogP contribution in [-0.2, 0) is 28.6 Å². The summed E-state index contributed by atoms with van der Waals surface area (Å²) < 4.78 is 16.8. The molecule has 0 spiro atoms. The largest absolute Gasteiger partial charge is 0.462 e. The molecule has 6 heteroatoms. The van der Waals surface area contributed by atoms with Gasteiger partial charge in [-0.05, 0) is 116 Å². The first kappa shape index (κ1) is 64.6. The third kappa shape index (κ3) is 53.5. The molecule has 0 saturated carbocycles. The maximum absolute atomic E-state index is 12.8. The van der Waals surface area contributed by atoms with Crippen molar-refractivity contribution in [1.82, 2.24) is 0 Å². The highest BCUT2D eigenvalue weighted by Crippen LogP contribution is 2.14. The predicted molar refractivity (Wildman–Crippen MR) is 293 cm³/mol. The van der Waals surface area contributed by atoms with E-state index < -0.39 is 6.10 Å². The van der Waals surface area contributed by atoms with Crippen molar-refractivity contribution in [2.75, 3.05) is 13.2 Å². The van der Waals surface area contributed by atoms with E-state index in [1.54, 1.807) is 0 Å². The molecular formula is C62H106O6. The fourth-order valence-corrected chi connectivity index (χ4v) is 7.81. The number of carbonyl (C=O) groups excluding carboxylic acids is 3. The van der Waals surface area contributed by atoms with Crippen LogP contribution in [0.25, 0.3) is 0 Å². The molecule has 390 valence electrons. The van der Waals surface area contributed by atoms with Crippen molar-refractivity contribution in [1.29, 1.82) is 0 Å². The van der Waals surface area contributed by atoms with E-state index in [0.29, 0.717) is 19.3 Å². The summed E-state index contributed by atoms with van der Waals surface area (Å²) in [5.74, 6) is -0.938. The summed E-state index contributed by atoms with van der Waals surface area (Å²) in [6.07, 6.45) is 72.9. The van der Waals surface area contributed by atoms with Crippen molar-refractivity contribution in [3.63, 3.8) is 0 Å². The summed E-state index contributed by atoms with van der Waals surface area (Å²) in [5, 5.41) is 0. The normalized spacial score (nSPS) is 12.7. The molecule has 0 aromatic heterocycles. The molecule has 0 radical (unpaired) electrons. The lowest BCUT2D eigenvalue weighted by Crippen LogP contribution is -2.30. The molecule has 6 nitrogen and oxygen atoms in total. The highest BCUT2D eigenvalue weighted by atomic mass is 16.6. The minimum Gasteiger partial charge on any atom is -0.462 e. The zero-order chi connectivity index (χ0) is 49.3. The molecule has 0 rings (SSSR count). The van der Waals surface area contributed by atoms with Gasteiger partial charge >= 0.3 is 17.9 Å². The molecule has 1 atom stereocenters. The lowest BCUT2D eigenvalue weighted by Gasteiger charge is -2.18. The van der Waals surface area contributed by atoms with Gasteiger partial charge in [0.05, 0.1) is 0 Å². The van der Waals surface area contributed by atoms with E-state index in [0.717, 1.165) is 116 Å². The van der Waals surface area contributed by atoms with Crippen LogP contribution < -0.4 is 0 Å². The number of allylic oxidation sites excluding steroid dienone is 14. The third-order valence-electron chi connectivity index (χ3n) is 12.1. The van der Waals surface area contributed by atoms with Gasteiger partial charge in [-0.15, -0.1) is 0 Å². The maximum atomic E-state index is 12.8. The SMILES string of the molecule is CC/C=C\C/C=C\C/C=C\CCCCCC(=O)OCC(COC(=O)CCCCCCCCCCC/C=C\C/C=C\CCCCCCC)OC(=O)CCCCCCC/C=C\C/C=C\CCCCCC. The number of rotatable bonds is 51. The molecular weight excluding hydrogens is 841 g/mol. The predicted octanol–water partition coefficient (Wildman–Crippen LogP) is 19.2. The van der Waals surface area contributed by atoms with E-state index in [4.69, 9.17) is 14.2 Å². The molecule has 68 heavy (non-hydrogen) atoms. The number of hydrogen-bond donors (Lipinski definition) is 0. The Bertz CT molecular complexity index is 1320. The topological polar surface area (TPSA) is 78.9 Å². The molecule has 0 amide bonds. The fourth-order valence-electron chi connectivity index (χ4n) is 7.81. The Hall–Kier alpha value is -3.41. The van der Waals surface area contributed by atoms with Crippen LogP contribution in [0, 0.1) is 0 Å². The molecule has 0 aliphatic heterocycles. The zero-order valence-electron chi connectivity index (χ0n) is 44.6. The van der Waals surface area contributed by atoms with Gasteiger partial charge in [0.2, 0.25) is 0 Å². The van der Waals surface area contributed by atoms with Crippen LogP contribution in [0.5, 0.6) is 0 Å². The molecule has 1 unspecified atom stereocenters. The average molecular weight is 948 g/mol. The van der Waals surface area contributed by atoms with Crippen molar-refractivity contribution in [2.24, 2.45) is 0 Å². The first-order valence-corrected chi connectivity index (χ1v) is 28.6. The quantitative estimate of drug-likeness (QED) is 0.0262. The van der Waals surface area contributed by atoms with Crippen LogP contribution in [-0.4, -0.2) is 37.2 Å². The van der Waals surface area contributed by atoms with E-state index in [1.807, 2.05) is 0 Å². The number of esters is 3. The highest BCUT2D eigenvalue weighted by molar-refractivity contribution is 5.71. The standard InChI is InChI=1S/C62H106O6/c1-4-7-10-13-16-19-22-25-27-29-30-31-32-33-35-37-40-43-46-49-52-55-61(64)67-58-59(57-66-60(63)54-51-48-45-42-39-36-24-21-18-15-12-9-6-3)68-62(65)56-53-50-47-44-41-38-34-28-26-23-20-17-14-11-8-5-2/h9,12,18,20-23,25,28-30,34,36,39,59H,4-8,10-11,13-17,19,24,26-27,31-33,35,37-38,40-58H2,1-3H3/b12-9-,21-18-,23-20-,25-22-,30-29-,34-28-,39-36-. The molecule has 0 aliphatic rings. The van der Waals surface area contributed by atoms with Crippen molar-refractivity contribution >= 4 is 17.9 Å². The van der Waals surface area contributed by atoms with Crippen LogP contribution in [0.15, 0.2) is 85.1 Å². The molecule has 0 aromatic rings. The summed E-state index contributed by atoms with van der Waals surface area (Å²) in [4.78, 5) is 38.1. The van der Waals surface area contributed by atoms with Gasteiger partial charge in [-0.1, -0.05) is 221 Å². The summed E-state index contributed by atoms with van der Waals surface area (Å²) in [7, 11) is 0. The monoisotopic (exact) mass is 947 g/mol. The Morgan fingerprint density at radius 3 is 0.926 bits per heavy atom. The van der Waals surface area contributed by atoms with Gasteiger partial charge in [0.15, 0.2) is 6.10 Å². The lowest BCUT2D eigenvalue weighted by molar-refractivity contribution is -0.167. The van der Waals surface area contributed by atoms with Gasteiger partial charge in [-0.3, -0.25) is 14.4 Å². The maximum Gasteiger partial charge on any atom is 0.306 e. The number of hydrogen-bond acceptors (Lipinski definition) is 6. The van der Waals surface area contributed by atoms with Crippen LogP contribution in [0.4, 0.5) is 0 Å². The van der Waals surface area contributed by atoms with Crippen LogP contribution in [0.2, 0.25) is 0 Å². The highest BCUT2D eigenvalue weighted by Gasteiger charge is 2.19. The van der Waals surface area contributed by atoms with E-state index in [9.17, 15) is 14.4 Å². The first-order chi connectivity index (χ1) is 33.5. The summed E-state index contributed by atoms with van der Waals surface area (Å²) in [6, 6.07) is 0. The van der Waals surface area contributed by atoms with E-state index in [2.05, 4.69) is 106 Å². The Morgan fingerprint density at radius 2 is 0.574 bits per heavy atom. The Balaban J connectivity index is 4.40. The summed E-state index contributed by atoms with van der Waals surface area (Å²) >= 11 is 0. The first-order valence-electron chi connectivity index (χ1n) is 28.6. The van der Waals surface area contributed by atoms with Gasteiger partial charge in [-0.2, -0.15) is 0 Å². The van der Waals surface area contributed by atoms with Crippen molar-refractivity contribution in [3.05, 3.63) is 85.1 Å². The minimum atomic E-state index is -0.798. The smallest absolute Gasteiger partial charge is 0.306 e. The molecule has 0 fully saturated rings. The van der Waals surface area contributed by atoms with Gasteiger partial charge in [-0.25, -0.2) is 0 Å². The number of carbonyl (C=O) groups is 3. The second-order valence-electron chi connectivity index (χ2n) is 18.8. The van der Waals surface area contributed by atoms with Gasteiger partial charge in [0.25, 0.3) is 0 Å². The van der Waals surface area contributed by atoms with Gasteiger partial charge < -0.3 is 14.2 Å². The summed E-state index contributed by atoms with van der Waals surface area (Å²) in [5.41, 5.74) is 0. The van der Waals surface area contributed by atoms with Crippen molar-refractivity contribution in [2.45, 2.75) is 277 Å². The average Bonchev–Trinajstić information content (AvgIpc) is 3.34. The molecule has 0 N–H and O–H groups in total. The van der Waals surface area contributed by atoms with Crippen LogP contribution in [0.3, 0.4) is 0 Å². The Labute approximate surface area is 420 Å². The van der Waals surface area contributed by atoms with Crippen molar-refractivity contribution < 1.29 is 28.6 Å². The molecule has 0 heterocycles. The fraction of sp³-hybridized carbons (Fsp3) is 0.726. The van der Waals surface area contributed by atoms with Crippen LogP contribution >= 0.6 is 0 Å². The molecule has 0 saturated heterocycles. The van der Waals surface area contributed by atoms with E-state index >= 15 is 0 Å². The van der Waals surface area contributed by atoms with Gasteiger partial charge in [0, 0.05) is 19.3 Å². The number of unbranched alkanes of at least 4 members (excludes halogenated alkanes) is 26. The lowest BCUT2D eigenvalue weighted by atomic mass is 10.1.